The van der Waals surface area contributed by atoms with Crippen molar-refractivity contribution in [2.45, 2.75) is 91.1 Å². The number of hydrogen-bond donors (Lipinski definition) is 3. The predicted octanol–water partition coefficient (Wildman–Crippen LogP) is 5.37. The summed E-state index contributed by atoms with van der Waals surface area (Å²) in [5.74, 6) is 0.820. The summed E-state index contributed by atoms with van der Waals surface area (Å²) in [4.78, 5) is 24.7. The first-order chi connectivity index (χ1) is 19.1. The summed E-state index contributed by atoms with van der Waals surface area (Å²) in [6, 6.07) is 7.45. The van der Waals surface area contributed by atoms with Crippen molar-refractivity contribution in [2.75, 3.05) is 7.11 Å². The van der Waals surface area contributed by atoms with Gasteiger partial charge < -0.3 is 19.3 Å². The summed E-state index contributed by atoms with van der Waals surface area (Å²) in [5, 5.41) is 20.1. The molecule has 40 heavy (non-hydrogen) atoms. The number of allylic oxidation sites excluding steroid dienone is 3. The van der Waals surface area contributed by atoms with Gasteiger partial charge in [-0.2, -0.15) is 0 Å². The summed E-state index contributed by atoms with van der Waals surface area (Å²) in [6.07, 6.45) is 8.27. The molecule has 1 amide bonds. The van der Waals surface area contributed by atoms with E-state index in [0.717, 1.165) is 30.6 Å². The number of carbonyl (C=O) groups excluding carboxylic acids is 2. The number of fused-ring (bicyclic) bond motifs is 1. The van der Waals surface area contributed by atoms with Gasteiger partial charge in [0, 0.05) is 12.3 Å². The van der Waals surface area contributed by atoms with Crippen LogP contribution >= 0.6 is 0 Å². The van der Waals surface area contributed by atoms with Crippen LogP contribution in [0.15, 0.2) is 48.1 Å². The molecule has 0 saturated heterocycles. The molecule has 0 fully saturated rings. The molecule has 0 spiro atoms. The fourth-order valence-electron chi connectivity index (χ4n) is 5.86. The number of hydrogen-bond acceptors (Lipinski definition) is 7. The first-order valence-corrected chi connectivity index (χ1v) is 14.6. The molecule has 0 bridgehead atoms. The van der Waals surface area contributed by atoms with Crippen molar-refractivity contribution in [3.05, 3.63) is 53.6 Å². The number of ether oxygens (including phenoxy) is 3. The van der Waals surface area contributed by atoms with Gasteiger partial charge in [0.05, 0.1) is 38.3 Å². The Bertz CT molecular complexity index is 1020. The van der Waals surface area contributed by atoms with Gasteiger partial charge in [-0.3, -0.25) is 14.8 Å². The average molecular weight is 558 g/mol. The number of amides is 1. The second kappa shape index (κ2) is 15.4. The van der Waals surface area contributed by atoms with Crippen LogP contribution in [-0.2, 0) is 25.7 Å². The second-order valence-electron chi connectivity index (χ2n) is 11.6. The van der Waals surface area contributed by atoms with Crippen molar-refractivity contribution < 1.29 is 34.1 Å². The Balaban J connectivity index is 1.65. The number of methoxy groups -OCH3 is 1. The lowest BCUT2D eigenvalue weighted by molar-refractivity contribution is -0.158. The van der Waals surface area contributed by atoms with Crippen LogP contribution in [0.5, 0.6) is 5.75 Å². The van der Waals surface area contributed by atoms with Crippen LogP contribution in [0.1, 0.15) is 71.8 Å². The molecule has 0 radical (unpaired) electrons. The van der Waals surface area contributed by atoms with E-state index in [1.165, 1.54) is 5.57 Å². The van der Waals surface area contributed by atoms with Gasteiger partial charge in [0.25, 0.3) is 0 Å². The summed E-state index contributed by atoms with van der Waals surface area (Å²) in [6.45, 7) is 8.51. The van der Waals surface area contributed by atoms with Crippen LogP contribution in [0.2, 0.25) is 0 Å². The van der Waals surface area contributed by atoms with E-state index < -0.39 is 18.1 Å². The highest BCUT2D eigenvalue weighted by atomic mass is 16.5. The standard InChI is InChI=1S/C32H47NO7/c1-6-21(3)32(36)40-29-16-20(2)15-24-10-7-22(4)28(31(24)29)14-11-25(34)17-27(18-30(35)33-37)39-19-23-8-12-26(38-5)13-9-23/h7-10,12-13,15,20-22,25,27-29,31,34,37H,6,11,14,16-19H2,1-5H3,(H,33,35). The average Bonchev–Trinajstić information content (AvgIpc) is 2.95. The monoisotopic (exact) mass is 557 g/mol. The Hall–Kier alpha value is -2.68. The number of hydroxylamine groups is 1. The van der Waals surface area contributed by atoms with Crippen LogP contribution in [0.3, 0.4) is 0 Å². The minimum absolute atomic E-state index is 0.0622. The number of aliphatic hydroxyl groups is 1. The van der Waals surface area contributed by atoms with E-state index in [4.69, 9.17) is 19.4 Å². The van der Waals surface area contributed by atoms with Crippen molar-refractivity contribution >= 4 is 11.9 Å². The van der Waals surface area contributed by atoms with E-state index in [1.54, 1.807) is 12.6 Å². The Kier molecular flexibility index (Phi) is 12.2. The third-order valence-electron chi connectivity index (χ3n) is 8.43. The number of benzene rings is 1. The van der Waals surface area contributed by atoms with Crippen LogP contribution in [0.25, 0.3) is 0 Å². The molecular weight excluding hydrogens is 510 g/mol. The molecule has 222 valence electrons. The second-order valence-corrected chi connectivity index (χ2v) is 11.6. The van der Waals surface area contributed by atoms with E-state index in [1.807, 2.05) is 38.1 Å². The molecule has 0 heterocycles. The molecule has 2 aliphatic rings. The lowest BCUT2D eigenvalue weighted by Crippen LogP contribution is -2.41. The molecule has 8 nitrogen and oxygen atoms in total. The molecule has 0 saturated carbocycles. The van der Waals surface area contributed by atoms with Crippen LogP contribution in [0, 0.1) is 29.6 Å². The van der Waals surface area contributed by atoms with Gasteiger partial charge in [0.2, 0.25) is 5.91 Å². The molecule has 8 atom stereocenters. The van der Waals surface area contributed by atoms with E-state index >= 15 is 0 Å². The maximum absolute atomic E-state index is 12.7. The topological polar surface area (TPSA) is 114 Å². The molecule has 3 rings (SSSR count). The van der Waals surface area contributed by atoms with E-state index in [9.17, 15) is 14.7 Å². The molecular formula is C32H47NO7. The minimum Gasteiger partial charge on any atom is -0.497 e. The Labute approximate surface area is 238 Å². The highest BCUT2D eigenvalue weighted by Crippen LogP contribution is 2.45. The number of nitrogens with one attached hydrogen (secondary N) is 1. The van der Waals surface area contributed by atoms with Crippen molar-refractivity contribution in [1.29, 1.82) is 0 Å². The van der Waals surface area contributed by atoms with Crippen LogP contribution < -0.4 is 10.2 Å². The molecule has 1 aromatic carbocycles. The lowest BCUT2D eigenvalue weighted by Gasteiger charge is -2.43. The molecule has 2 aliphatic carbocycles. The normalized spacial score (nSPS) is 26.2. The fourth-order valence-corrected chi connectivity index (χ4v) is 5.86. The van der Waals surface area contributed by atoms with Gasteiger partial charge in [0.1, 0.15) is 11.9 Å². The maximum atomic E-state index is 12.7. The first-order valence-electron chi connectivity index (χ1n) is 14.6. The summed E-state index contributed by atoms with van der Waals surface area (Å²) in [5.41, 5.74) is 3.80. The van der Waals surface area contributed by atoms with Gasteiger partial charge in [-0.25, -0.2) is 5.48 Å². The Morgan fingerprint density at radius 1 is 1.18 bits per heavy atom. The zero-order chi connectivity index (χ0) is 29.2. The number of rotatable bonds is 14. The van der Waals surface area contributed by atoms with Crippen LogP contribution in [0.4, 0.5) is 0 Å². The third-order valence-corrected chi connectivity index (χ3v) is 8.43. The van der Waals surface area contributed by atoms with E-state index in [-0.39, 0.29) is 55.2 Å². The number of carbonyl (C=O) groups is 2. The number of aliphatic hydroxyl groups excluding tert-OH is 1. The highest BCUT2D eigenvalue weighted by Gasteiger charge is 2.41. The van der Waals surface area contributed by atoms with Gasteiger partial charge in [-0.1, -0.05) is 58.1 Å². The SMILES string of the molecule is CCC(C)C(=O)OC1CC(C)C=C2C=CC(C)C(CCC(O)CC(CC(=O)NO)OCc3ccc(OC)cc3)C21. The van der Waals surface area contributed by atoms with Crippen molar-refractivity contribution in [1.82, 2.24) is 5.48 Å². The Morgan fingerprint density at radius 2 is 1.90 bits per heavy atom. The van der Waals surface area contributed by atoms with Gasteiger partial charge in [0.15, 0.2) is 0 Å². The van der Waals surface area contributed by atoms with Crippen LogP contribution in [-0.4, -0.2) is 47.6 Å². The number of esters is 1. The van der Waals surface area contributed by atoms with E-state index in [0.29, 0.717) is 12.3 Å². The largest absolute Gasteiger partial charge is 0.497 e. The van der Waals surface area contributed by atoms with Gasteiger partial charge in [-0.15, -0.1) is 0 Å². The molecule has 0 aliphatic heterocycles. The van der Waals surface area contributed by atoms with Crippen molar-refractivity contribution in [3.63, 3.8) is 0 Å². The first kappa shape index (κ1) is 31.8. The van der Waals surface area contributed by atoms with E-state index in [2.05, 4.69) is 32.1 Å². The Morgan fingerprint density at radius 3 is 2.55 bits per heavy atom. The van der Waals surface area contributed by atoms with Crippen molar-refractivity contribution in [3.8, 4) is 5.75 Å². The summed E-state index contributed by atoms with van der Waals surface area (Å²) >= 11 is 0. The smallest absolute Gasteiger partial charge is 0.308 e. The maximum Gasteiger partial charge on any atom is 0.308 e. The zero-order valence-corrected chi connectivity index (χ0v) is 24.5. The quantitative estimate of drug-likeness (QED) is 0.160. The molecule has 8 unspecified atom stereocenters. The molecule has 8 heteroatoms. The lowest BCUT2D eigenvalue weighted by atomic mass is 9.65. The zero-order valence-electron chi connectivity index (χ0n) is 24.5. The highest BCUT2D eigenvalue weighted by molar-refractivity contribution is 5.75. The van der Waals surface area contributed by atoms with Crippen molar-refractivity contribution in [2.24, 2.45) is 29.6 Å². The fraction of sp³-hybridized carbons (Fsp3) is 0.625. The van der Waals surface area contributed by atoms with Gasteiger partial charge >= 0.3 is 5.97 Å². The minimum atomic E-state index is -0.693. The summed E-state index contributed by atoms with van der Waals surface area (Å²) < 4.78 is 17.3. The molecule has 0 aromatic heterocycles. The summed E-state index contributed by atoms with van der Waals surface area (Å²) in [7, 11) is 1.60. The molecule has 3 N–H and O–H groups in total. The third kappa shape index (κ3) is 8.91. The van der Waals surface area contributed by atoms with Gasteiger partial charge in [-0.05, 0) is 66.7 Å². The molecule has 1 aromatic rings. The predicted molar refractivity (Wildman–Crippen MR) is 152 cm³/mol.